The van der Waals surface area contributed by atoms with Gasteiger partial charge in [0.25, 0.3) is 0 Å². The van der Waals surface area contributed by atoms with Crippen LogP contribution in [0.2, 0.25) is 0 Å². The standard InChI is InChI=1S/C16H29N3O4/c1-4-6-9-17-15(21)12-19(13(3)20)14-7-10-18(11-8-14)16(22)23-5-2/h14H,4-12H2,1-3H3,(H,17,21). The number of likely N-dealkylation sites (tertiary alicyclic amines) is 1. The first-order valence-corrected chi connectivity index (χ1v) is 8.45. The molecule has 0 aromatic rings. The van der Waals surface area contributed by atoms with E-state index >= 15 is 0 Å². The van der Waals surface area contributed by atoms with Gasteiger partial charge in [-0.1, -0.05) is 13.3 Å². The Balaban J connectivity index is 2.48. The lowest BCUT2D eigenvalue weighted by atomic mass is 10.0. The summed E-state index contributed by atoms with van der Waals surface area (Å²) in [5, 5.41) is 2.83. The monoisotopic (exact) mass is 327 g/mol. The van der Waals surface area contributed by atoms with Crippen LogP contribution in [0.3, 0.4) is 0 Å². The van der Waals surface area contributed by atoms with Crippen LogP contribution in [0.25, 0.3) is 0 Å². The predicted molar refractivity (Wildman–Crippen MR) is 86.9 cm³/mol. The second kappa shape index (κ2) is 10.1. The fourth-order valence-corrected chi connectivity index (χ4v) is 2.69. The molecule has 1 aliphatic rings. The van der Waals surface area contributed by atoms with Gasteiger partial charge in [0.1, 0.15) is 0 Å². The highest BCUT2D eigenvalue weighted by molar-refractivity contribution is 5.84. The second-order valence-electron chi connectivity index (χ2n) is 5.77. The summed E-state index contributed by atoms with van der Waals surface area (Å²) in [5.74, 6) is -0.230. The molecule has 0 aromatic carbocycles. The largest absolute Gasteiger partial charge is 0.450 e. The van der Waals surface area contributed by atoms with Crippen molar-refractivity contribution in [1.29, 1.82) is 0 Å². The third-order valence-electron chi connectivity index (χ3n) is 4.00. The van der Waals surface area contributed by atoms with E-state index in [1.165, 1.54) is 6.92 Å². The minimum atomic E-state index is -0.308. The molecule has 1 N–H and O–H groups in total. The summed E-state index contributed by atoms with van der Waals surface area (Å²) in [4.78, 5) is 38.8. The molecule has 23 heavy (non-hydrogen) atoms. The van der Waals surface area contributed by atoms with Gasteiger partial charge < -0.3 is 19.9 Å². The molecule has 0 bridgehead atoms. The Labute approximate surface area is 138 Å². The number of hydrogen-bond acceptors (Lipinski definition) is 4. The summed E-state index contributed by atoms with van der Waals surface area (Å²) in [6.07, 6.45) is 2.98. The van der Waals surface area contributed by atoms with Crippen LogP contribution in [0.1, 0.15) is 46.5 Å². The van der Waals surface area contributed by atoms with E-state index in [9.17, 15) is 14.4 Å². The summed E-state index contributed by atoms with van der Waals surface area (Å²) < 4.78 is 4.99. The van der Waals surface area contributed by atoms with Crippen molar-refractivity contribution in [1.82, 2.24) is 15.1 Å². The van der Waals surface area contributed by atoms with Crippen LogP contribution in [-0.4, -0.2) is 66.5 Å². The molecule has 1 fully saturated rings. The molecule has 0 spiro atoms. The van der Waals surface area contributed by atoms with Gasteiger partial charge in [0, 0.05) is 32.6 Å². The average molecular weight is 327 g/mol. The molecule has 1 rings (SSSR count). The molecular weight excluding hydrogens is 298 g/mol. The smallest absolute Gasteiger partial charge is 0.409 e. The highest BCUT2D eigenvalue weighted by Crippen LogP contribution is 2.17. The third kappa shape index (κ3) is 6.46. The van der Waals surface area contributed by atoms with Gasteiger partial charge in [-0.25, -0.2) is 4.79 Å². The Bertz CT molecular complexity index is 406. The molecule has 1 heterocycles. The fourth-order valence-electron chi connectivity index (χ4n) is 2.69. The van der Waals surface area contributed by atoms with Gasteiger partial charge in [0.2, 0.25) is 11.8 Å². The van der Waals surface area contributed by atoms with Crippen molar-refractivity contribution in [2.24, 2.45) is 0 Å². The zero-order valence-electron chi connectivity index (χ0n) is 14.5. The molecule has 132 valence electrons. The quantitative estimate of drug-likeness (QED) is 0.716. The van der Waals surface area contributed by atoms with Gasteiger partial charge in [-0.3, -0.25) is 9.59 Å². The van der Waals surface area contributed by atoms with E-state index in [0.717, 1.165) is 12.8 Å². The number of piperidine rings is 1. The molecular formula is C16H29N3O4. The Morgan fingerprint density at radius 2 is 1.87 bits per heavy atom. The predicted octanol–water partition coefficient (Wildman–Crippen LogP) is 1.37. The van der Waals surface area contributed by atoms with Gasteiger partial charge in [0.05, 0.1) is 13.2 Å². The summed E-state index contributed by atoms with van der Waals surface area (Å²) >= 11 is 0. The molecule has 7 heteroatoms. The first-order chi connectivity index (χ1) is 11.0. The van der Waals surface area contributed by atoms with Crippen LogP contribution in [0.5, 0.6) is 0 Å². The van der Waals surface area contributed by atoms with Crippen LogP contribution >= 0.6 is 0 Å². The lowest BCUT2D eigenvalue weighted by Gasteiger charge is -2.37. The van der Waals surface area contributed by atoms with Gasteiger partial charge in [-0.15, -0.1) is 0 Å². The molecule has 0 radical (unpaired) electrons. The molecule has 0 atom stereocenters. The van der Waals surface area contributed by atoms with E-state index in [-0.39, 0.29) is 30.5 Å². The number of carbonyl (C=O) groups is 3. The van der Waals surface area contributed by atoms with Crippen molar-refractivity contribution in [3.63, 3.8) is 0 Å². The number of amides is 3. The number of hydrogen-bond donors (Lipinski definition) is 1. The van der Waals surface area contributed by atoms with Crippen LogP contribution in [0.4, 0.5) is 4.79 Å². The van der Waals surface area contributed by atoms with Crippen molar-refractivity contribution >= 4 is 17.9 Å². The highest BCUT2D eigenvalue weighted by Gasteiger charge is 2.29. The van der Waals surface area contributed by atoms with Crippen molar-refractivity contribution in [2.45, 2.75) is 52.5 Å². The molecule has 0 saturated carbocycles. The SMILES string of the molecule is CCCCNC(=O)CN(C(C)=O)C1CCN(C(=O)OCC)CC1. The molecule has 0 aromatic heterocycles. The number of unbranched alkanes of at least 4 members (excludes halogenated alkanes) is 1. The molecule has 1 saturated heterocycles. The first-order valence-electron chi connectivity index (χ1n) is 8.45. The normalized spacial score (nSPS) is 15.2. The van der Waals surface area contributed by atoms with Crippen molar-refractivity contribution < 1.29 is 19.1 Å². The summed E-state index contributed by atoms with van der Waals surface area (Å²) in [5.41, 5.74) is 0. The molecule has 0 aliphatic carbocycles. The topological polar surface area (TPSA) is 79.0 Å². The van der Waals surface area contributed by atoms with E-state index in [1.807, 2.05) is 0 Å². The van der Waals surface area contributed by atoms with Gasteiger partial charge in [-0.2, -0.15) is 0 Å². The maximum Gasteiger partial charge on any atom is 0.409 e. The van der Waals surface area contributed by atoms with Gasteiger partial charge >= 0.3 is 6.09 Å². The maximum absolute atomic E-state index is 11.9. The zero-order chi connectivity index (χ0) is 17.2. The molecule has 7 nitrogen and oxygen atoms in total. The maximum atomic E-state index is 11.9. The lowest BCUT2D eigenvalue weighted by Crippen LogP contribution is -2.51. The Hall–Kier alpha value is -1.79. The third-order valence-corrected chi connectivity index (χ3v) is 4.00. The molecule has 1 aliphatic heterocycles. The van der Waals surface area contributed by atoms with E-state index in [1.54, 1.807) is 16.7 Å². The van der Waals surface area contributed by atoms with Gasteiger partial charge in [-0.05, 0) is 26.2 Å². The number of ether oxygens (including phenoxy) is 1. The van der Waals surface area contributed by atoms with E-state index in [0.29, 0.717) is 39.1 Å². The summed E-state index contributed by atoms with van der Waals surface area (Å²) in [6, 6.07) is -0.00454. The van der Waals surface area contributed by atoms with Crippen LogP contribution < -0.4 is 5.32 Å². The van der Waals surface area contributed by atoms with E-state index in [2.05, 4.69) is 12.2 Å². The number of carbonyl (C=O) groups excluding carboxylic acids is 3. The first kappa shape index (κ1) is 19.3. The molecule has 0 unspecified atom stereocenters. The minimum absolute atomic E-state index is 0.00454. The highest BCUT2D eigenvalue weighted by atomic mass is 16.6. The zero-order valence-corrected chi connectivity index (χ0v) is 14.5. The Kier molecular flexibility index (Phi) is 8.43. The Morgan fingerprint density at radius 1 is 1.22 bits per heavy atom. The van der Waals surface area contributed by atoms with Crippen LogP contribution in [0.15, 0.2) is 0 Å². The number of nitrogens with zero attached hydrogens (tertiary/aromatic N) is 2. The number of rotatable bonds is 7. The summed E-state index contributed by atoms with van der Waals surface area (Å²) in [7, 11) is 0. The van der Waals surface area contributed by atoms with Crippen LogP contribution in [-0.2, 0) is 14.3 Å². The van der Waals surface area contributed by atoms with Gasteiger partial charge in [0.15, 0.2) is 0 Å². The summed E-state index contributed by atoms with van der Waals surface area (Å²) in [6.45, 7) is 7.50. The fraction of sp³-hybridized carbons (Fsp3) is 0.812. The van der Waals surface area contributed by atoms with E-state index in [4.69, 9.17) is 4.74 Å². The van der Waals surface area contributed by atoms with E-state index < -0.39 is 0 Å². The number of nitrogens with one attached hydrogen (secondary N) is 1. The van der Waals surface area contributed by atoms with Crippen molar-refractivity contribution in [3.8, 4) is 0 Å². The van der Waals surface area contributed by atoms with Crippen molar-refractivity contribution in [2.75, 3.05) is 32.8 Å². The lowest BCUT2D eigenvalue weighted by molar-refractivity contribution is -0.137. The molecule has 3 amide bonds. The van der Waals surface area contributed by atoms with Crippen molar-refractivity contribution in [3.05, 3.63) is 0 Å². The average Bonchev–Trinajstić information content (AvgIpc) is 2.53. The Morgan fingerprint density at radius 3 is 2.39 bits per heavy atom. The minimum Gasteiger partial charge on any atom is -0.450 e. The van der Waals surface area contributed by atoms with Crippen LogP contribution in [0, 0.1) is 0 Å². The second-order valence-corrected chi connectivity index (χ2v) is 5.77.